The first-order valence-electron chi connectivity index (χ1n) is 5.17. The maximum Gasteiger partial charge on any atom is 0.143 e. The third-order valence-electron chi connectivity index (χ3n) is 2.21. The molecule has 0 aliphatic rings. The van der Waals surface area contributed by atoms with Gasteiger partial charge in [0.15, 0.2) is 0 Å². The van der Waals surface area contributed by atoms with E-state index in [9.17, 15) is 4.39 Å². The molecular weight excluding hydrogens is 231 g/mol. The fourth-order valence-corrected chi connectivity index (χ4v) is 1.50. The summed E-state index contributed by atoms with van der Waals surface area (Å²) in [5.74, 6) is -0.520. The molecule has 0 aromatic heterocycles. The summed E-state index contributed by atoms with van der Waals surface area (Å²) in [7, 11) is 0. The molecule has 0 saturated carbocycles. The second-order valence-corrected chi connectivity index (χ2v) is 4.18. The lowest BCUT2D eigenvalue weighted by Gasteiger charge is -2.10. The largest absolute Gasteiger partial charge is 0.397 e. The Balaban J connectivity index is 2.51. The highest BCUT2D eigenvalue weighted by atomic mass is 35.5. The molecule has 90 valence electrons. The van der Waals surface area contributed by atoms with E-state index >= 15 is 0 Å². The van der Waals surface area contributed by atoms with Gasteiger partial charge in [0.1, 0.15) is 5.82 Å². The Kier molecular flexibility index (Phi) is 4.83. The number of aliphatic hydroxyl groups is 1. The minimum Gasteiger partial charge on any atom is -0.397 e. The van der Waals surface area contributed by atoms with Gasteiger partial charge in [0.25, 0.3) is 0 Å². The van der Waals surface area contributed by atoms with Crippen molar-refractivity contribution in [3.8, 4) is 0 Å². The van der Waals surface area contributed by atoms with Crippen LogP contribution in [0.1, 0.15) is 19.8 Å². The maximum absolute atomic E-state index is 13.0. The summed E-state index contributed by atoms with van der Waals surface area (Å²) in [5.41, 5.74) is 6.58. The van der Waals surface area contributed by atoms with Gasteiger partial charge < -0.3 is 16.2 Å². The quantitative estimate of drug-likeness (QED) is 0.553. The molecule has 0 spiro atoms. The van der Waals surface area contributed by atoms with Crippen LogP contribution in [0.3, 0.4) is 0 Å². The topological polar surface area (TPSA) is 58.3 Å². The molecule has 1 atom stereocenters. The lowest BCUT2D eigenvalue weighted by molar-refractivity contribution is 0.183. The Hall–Kier alpha value is -1.00. The molecule has 1 rings (SSSR count). The first kappa shape index (κ1) is 13.1. The minimum absolute atomic E-state index is 0.0484. The van der Waals surface area contributed by atoms with Crippen LogP contribution >= 0.6 is 11.6 Å². The zero-order chi connectivity index (χ0) is 12.1. The zero-order valence-electron chi connectivity index (χ0n) is 9.13. The van der Waals surface area contributed by atoms with E-state index in [0.29, 0.717) is 24.3 Å². The smallest absolute Gasteiger partial charge is 0.143 e. The maximum atomic E-state index is 13.0. The van der Waals surface area contributed by atoms with Crippen LogP contribution in [0.4, 0.5) is 15.8 Å². The van der Waals surface area contributed by atoms with Gasteiger partial charge in [0.05, 0.1) is 22.5 Å². The normalized spacial score (nSPS) is 12.5. The van der Waals surface area contributed by atoms with Gasteiger partial charge in [-0.2, -0.15) is 0 Å². The van der Waals surface area contributed by atoms with Crippen molar-refractivity contribution < 1.29 is 9.50 Å². The van der Waals surface area contributed by atoms with Gasteiger partial charge in [-0.25, -0.2) is 4.39 Å². The van der Waals surface area contributed by atoms with Crippen molar-refractivity contribution in [1.82, 2.24) is 0 Å². The second kappa shape index (κ2) is 5.92. The molecule has 0 aliphatic heterocycles. The molecular formula is C11H16ClFN2O. The van der Waals surface area contributed by atoms with Crippen LogP contribution < -0.4 is 11.1 Å². The fourth-order valence-electron chi connectivity index (χ4n) is 1.34. The average Bonchev–Trinajstić information content (AvgIpc) is 2.19. The molecule has 0 heterocycles. The van der Waals surface area contributed by atoms with Gasteiger partial charge in [0.2, 0.25) is 0 Å². The van der Waals surface area contributed by atoms with Crippen LogP contribution in [0.5, 0.6) is 0 Å². The van der Waals surface area contributed by atoms with Crippen molar-refractivity contribution in [3.05, 3.63) is 23.0 Å². The molecule has 0 aliphatic carbocycles. The van der Waals surface area contributed by atoms with Crippen LogP contribution in [0.25, 0.3) is 0 Å². The summed E-state index contributed by atoms with van der Waals surface area (Å²) in [6.45, 7) is 2.40. The summed E-state index contributed by atoms with van der Waals surface area (Å²) in [6, 6.07) is 2.66. The number of benzene rings is 1. The van der Waals surface area contributed by atoms with Gasteiger partial charge in [-0.05, 0) is 25.8 Å². The SMILES string of the molecule is CC(O)CCCNc1cc(Cl)c(F)cc1N. The standard InChI is InChI=1S/C11H16ClFN2O/c1-7(16)3-2-4-15-11-5-8(12)9(13)6-10(11)14/h5-7,15-16H,2-4,14H2,1H3. The van der Waals surface area contributed by atoms with E-state index in [2.05, 4.69) is 5.32 Å². The number of nitrogen functional groups attached to an aromatic ring is 1. The molecule has 5 heteroatoms. The summed E-state index contributed by atoms with van der Waals surface area (Å²) in [5, 5.41) is 12.2. The van der Waals surface area contributed by atoms with E-state index in [4.69, 9.17) is 22.4 Å². The van der Waals surface area contributed by atoms with E-state index in [-0.39, 0.29) is 11.1 Å². The third-order valence-corrected chi connectivity index (χ3v) is 2.50. The second-order valence-electron chi connectivity index (χ2n) is 3.77. The first-order chi connectivity index (χ1) is 7.50. The summed E-state index contributed by atoms with van der Waals surface area (Å²) in [6.07, 6.45) is 1.21. The first-order valence-corrected chi connectivity index (χ1v) is 5.55. The highest BCUT2D eigenvalue weighted by Crippen LogP contribution is 2.26. The number of hydrogen-bond acceptors (Lipinski definition) is 3. The van der Waals surface area contributed by atoms with Crippen LogP contribution in [0.2, 0.25) is 5.02 Å². The number of aliphatic hydroxyl groups excluding tert-OH is 1. The van der Waals surface area contributed by atoms with Crippen molar-refractivity contribution in [2.45, 2.75) is 25.9 Å². The van der Waals surface area contributed by atoms with Crippen molar-refractivity contribution in [1.29, 1.82) is 0 Å². The number of halogens is 2. The van der Waals surface area contributed by atoms with Gasteiger partial charge in [-0.1, -0.05) is 11.6 Å². The predicted octanol–water partition coefficient (Wildman–Crippen LogP) is 2.63. The summed E-state index contributed by atoms with van der Waals surface area (Å²) >= 11 is 5.64. The summed E-state index contributed by atoms with van der Waals surface area (Å²) < 4.78 is 13.0. The predicted molar refractivity (Wildman–Crippen MR) is 65.2 cm³/mol. The number of anilines is 2. The van der Waals surface area contributed by atoms with Crippen LogP contribution in [-0.2, 0) is 0 Å². The lowest BCUT2D eigenvalue weighted by atomic mass is 10.2. The lowest BCUT2D eigenvalue weighted by Crippen LogP contribution is -2.08. The fraction of sp³-hybridized carbons (Fsp3) is 0.455. The number of nitrogens with one attached hydrogen (secondary N) is 1. The third kappa shape index (κ3) is 3.87. The molecule has 0 fully saturated rings. The molecule has 0 saturated heterocycles. The van der Waals surface area contributed by atoms with E-state index < -0.39 is 5.82 Å². The molecule has 16 heavy (non-hydrogen) atoms. The Morgan fingerprint density at radius 2 is 2.25 bits per heavy atom. The Morgan fingerprint density at radius 3 is 2.88 bits per heavy atom. The van der Waals surface area contributed by atoms with Crippen molar-refractivity contribution in [2.24, 2.45) is 0 Å². The summed E-state index contributed by atoms with van der Waals surface area (Å²) in [4.78, 5) is 0. The monoisotopic (exact) mass is 246 g/mol. The highest BCUT2D eigenvalue weighted by molar-refractivity contribution is 6.31. The Bertz CT molecular complexity index is 358. The van der Waals surface area contributed by atoms with E-state index in [1.807, 2.05) is 0 Å². The molecule has 4 N–H and O–H groups in total. The number of nitrogens with two attached hydrogens (primary N) is 1. The molecule has 0 amide bonds. The minimum atomic E-state index is -0.520. The molecule has 1 unspecified atom stereocenters. The molecule has 0 bridgehead atoms. The van der Waals surface area contributed by atoms with Gasteiger partial charge >= 0.3 is 0 Å². The zero-order valence-corrected chi connectivity index (χ0v) is 9.89. The molecule has 0 radical (unpaired) electrons. The van der Waals surface area contributed by atoms with E-state index in [1.54, 1.807) is 6.92 Å². The van der Waals surface area contributed by atoms with Crippen LogP contribution in [-0.4, -0.2) is 17.8 Å². The van der Waals surface area contributed by atoms with Gasteiger partial charge in [-0.3, -0.25) is 0 Å². The average molecular weight is 247 g/mol. The van der Waals surface area contributed by atoms with Crippen LogP contribution in [0.15, 0.2) is 12.1 Å². The van der Waals surface area contributed by atoms with Gasteiger partial charge in [-0.15, -0.1) is 0 Å². The number of rotatable bonds is 5. The molecule has 1 aromatic rings. The van der Waals surface area contributed by atoms with Gasteiger partial charge in [0, 0.05) is 12.6 Å². The van der Waals surface area contributed by atoms with E-state index in [1.165, 1.54) is 12.1 Å². The molecule has 3 nitrogen and oxygen atoms in total. The van der Waals surface area contributed by atoms with E-state index in [0.717, 1.165) is 6.42 Å². The molecule has 1 aromatic carbocycles. The van der Waals surface area contributed by atoms with Crippen LogP contribution in [0, 0.1) is 5.82 Å². The van der Waals surface area contributed by atoms with Crippen molar-refractivity contribution in [2.75, 3.05) is 17.6 Å². The Morgan fingerprint density at radius 1 is 1.56 bits per heavy atom. The highest BCUT2D eigenvalue weighted by Gasteiger charge is 2.05. The Labute approximate surface area is 99.4 Å². The van der Waals surface area contributed by atoms with Crippen molar-refractivity contribution in [3.63, 3.8) is 0 Å². The van der Waals surface area contributed by atoms with Crippen molar-refractivity contribution >= 4 is 23.0 Å². The number of hydrogen-bond donors (Lipinski definition) is 3.